The van der Waals surface area contributed by atoms with Crippen molar-refractivity contribution in [3.8, 4) is 0 Å². The minimum atomic E-state index is 0.0196. The van der Waals surface area contributed by atoms with Crippen LogP contribution in [0.2, 0.25) is 0 Å². The number of amides is 1. The topological polar surface area (TPSA) is 55.1 Å². The van der Waals surface area contributed by atoms with Crippen LogP contribution in [0, 0.1) is 0 Å². The lowest BCUT2D eigenvalue weighted by Gasteiger charge is -2.12. The van der Waals surface area contributed by atoms with Crippen LogP contribution in [-0.2, 0) is 0 Å². The van der Waals surface area contributed by atoms with Gasteiger partial charge in [-0.3, -0.25) is 4.79 Å². The molecule has 0 fully saturated rings. The Kier molecular flexibility index (Phi) is 4.25. The fraction of sp³-hybridized carbons (Fsp3) is 0.353. The summed E-state index contributed by atoms with van der Waals surface area (Å²) < 4.78 is 1.10. The van der Waals surface area contributed by atoms with Crippen LogP contribution in [0.1, 0.15) is 41.8 Å². The smallest absolute Gasteiger partial charge is 0.261 e. The maximum absolute atomic E-state index is 12.2. The molecule has 3 nitrogen and oxygen atoms in total. The maximum atomic E-state index is 12.2. The van der Waals surface area contributed by atoms with Gasteiger partial charge in [0, 0.05) is 16.9 Å². The number of fused-ring (bicyclic) bond motifs is 1. The van der Waals surface area contributed by atoms with Gasteiger partial charge in [-0.05, 0) is 61.8 Å². The van der Waals surface area contributed by atoms with Gasteiger partial charge in [0.05, 0.1) is 4.88 Å². The molecule has 0 saturated heterocycles. The third-order valence-corrected chi connectivity index (χ3v) is 5.00. The third-order valence-electron chi connectivity index (χ3n) is 3.88. The van der Waals surface area contributed by atoms with Gasteiger partial charge in [-0.2, -0.15) is 0 Å². The molecule has 3 N–H and O–H groups in total. The number of anilines is 1. The highest BCUT2D eigenvalue weighted by molar-refractivity contribution is 7.20. The van der Waals surface area contributed by atoms with Crippen LogP contribution in [0.15, 0.2) is 35.9 Å². The lowest BCUT2D eigenvalue weighted by molar-refractivity contribution is 0.0958. The lowest BCUT2D eigenvalue weighted by Crippen LogP contribution is -2.23. The van der Waals surface area contributed by atoms with Crippen molar-refractivity contribution in [2.75, 3.05) is 12.3 Å². The molecule has 1 heterocycles. The molecule has 0 unspecified atom stereocenters. The van der Waals surface area contributed by atoms with Crippen molar-refractivity contribution in [1.29, 1.82) is 0 Å². The molecule has 1 amide bonds. The van der Waals surface area contributed by atoms with Crippen molar-refractivity contribution >= 4 is 33.0 Å². The van der Waals surface area contributed by atoms with E-state index in [9.17, 15) is 4.79 Å². The van der Waals surface area contributed by atoms with Crippen LogP contribution in [0.4, 0.5) is 5.69 Å². The van der Waals surface area contributed by atoms with E-state index in [2.05, 4.69) is 11.4 Å². The van der Waals surface area contributed by atoms with Crippen molar-refractivity contribution < 1.29 is 4.79 Å². The molecule has 0 bridgehead atoms. The number of nitrogen functional groups attached to an aromatic ring is 1. The summed E-state index contributed by atoms with van der Waals surface area (Å²) >= 11 is 1.52. The van der Waals surface area contributed by atoms with Gasteiger partial charge in [0.2, 0.25) is 0 Å². The van der Waals surface area contributed by atoms with Crippen molar-refractivity contribution in [3.63, 3.8) is 0 Å². The molecule has 0 spiro atoms. The highest BCUT2D eigenvalue weighted by atomic mass is 32.1. The van der Waals surface area contributed by atoms with E-state index in [-0.39, 0.29) is 5.91 Å². The van der Waals surface area contributed by atoms with Crippen molar-refractivity contribution in [1.82, 2.24) is 5.32 Å². The normalized spacial score (nSPS) is 15.0. The third kappa shape index (κ3) is 3.45. The second kappa shape index (κ2) is 6.31. The predicted molar refractivity (Wildman–Crippen MR) is 89.7 cm³/mol. The van der Waals surface area contributed by atoms with Crippen molar-refractivity contribution in [3.05, 3.63) is 40.8 Å². The van der Waals surface area contributed by atoms with Gasteiger partial charge < -0.3 is 11.1 Å². The summed E-state index contributed by atoms with van der Waals surface area (Å²) in [5.74, 6) is 0.0196. The van der Waals surface area contributed by atoms with E-state index in [1.165, 1.54) is 42.6 Å². The van der Waals surface area contributed by atoms with E-state index in [0.717, 1.165) is 33.6 Å². The first-order chi connectivity index (χ1) is 10.2. The number of rotatable bonds is 4. The molecule has 21 heavy (non-hydrogen) atoms. The van der Waals surface area contributed by atoms with Crippen LogP contribution in [0.25, 0.3) is 10.1 Å². The van der Waals surface area contributed by atoms with E-state index in [1.807, 2.05) is 24.3 Å². The number of nitrogens with one attached hydrogen (secondary N) is 1. The first kappa shape index (κ1) is 14.1. The largest absolute Gasteiger partial charge is 0.399 e. The Labute approximate surface area is 128 Å². The Morgan fingerprint density at radius 1 is 1.29 bits per heavy atom. The zero-order valence-corrected chi connectivity index (χ0v) is 12.8. The van der Waals surface area contributed by atoms with E-state index in [1.54, 1.807) is 0 Å². The van der Waals surface area contributed by atoms with Gasteiger partial charge in [-0.25, -0.2) is 0 Å². The number of thiophene rings is 1. The van der Waals surface area contributed by atoms with Crippen molar-refractivity contribution in [2.45, 2.75) is 32.1 Å². The maximum Gasteiger partial charge on any atom is 0.261 e. The lowest BCUT2D eigenvalue weighted by atomic mass is 9.97. The summed E-state index contributed by atoms with van der Waals surface area (Å²) in [6.07, 6.45) is 8.29. The molecular weight excluding hydrogens is 280 g/mol. The SMILES string of the molecule is Nc1ccc2sc(C(=O)NCCC3=CCCCC3)cc2c1. The molecule has 1 aliphatic rings. The van der Waals surface area contributed by atoms with Gasteiger partial charge >= 0.3 is 0 Å². The Bertz CT molecular complexity index is 687. The number of hydrogen-bond acceptors (Lipinski definition) is 3. The Hall–Kier alpha value is -1.81. The quantitative estimate of drug-likeness (QED) is 0.659. The first-order valence-corrected chi connectivity index (χ1v) is 8.29. The Morgan fingerprint density at radius 2 is 2.19 bits per heavy atom. The summed E-state index contributed by atoms with van der Waals surface area (Å²) in [7, 11) is 0. The summed E-state index contributed by atoms with van der Waals surface area (Å²) in [6, 6.07) is 7.68. The molecule has 0 atom stereocenters. The number of nitrogens with two attached hydrogens (primary N) is 1. The van der Waals surface area contributed by atoms with Crippen LogP contribution < -0.4 is 11.1 Å². The minimum Gasteiger partial charge on any atom is -0.399 e. The highest BCUT2D eigenvalue weighted by Gasteiger charge is 2.10. The van der Waals surface area contributed by atoms with Crippen LogP contribution in [0.3, 0.4) is 0 Å². The average molecular weight is 300 g/mol. The summed E-state index contributed by atoms with van der Waals surface area (Å²) in [5.41, 5.74) is 7.99. The fourth-order valence-corrected chi connectivity index (χ4v) is 3.69. The predicted octanol–water partition coefficient (Wildman–Crippen LogP) is 4.10. The van der Waals surface area contributed by atoms with Crippen LogP contribution in [0.5, 0.6) is 0 Å². The average Bonchev–Trinajstić information content (AvgIpc) is 2.91. The number of benzene rings is 1. The minimum absolute atomic E-state index is 0.0196. The standard InChI is InChI=1S/C17H20N2OS/c18-14-6-7-15-13(10-14)11-16(21-15)17(20)19-9-8-12-4-2-1-3-5-12/h4,6-7,10-11H,1-3,5,8-9,18H2,(H,19,20). The zero-order valence-electron chi connectivity index (χ0n) is 12.0. The summed E-state index contributed by atoms with van der Waals surface area (Å²) in [4.78, 5) is 12.9. The monoisotopic (exact) mass is 300 g/mol. The zero-order chi connectivity index (χ0) is 14.7. The van der Waals surface area contributed by atoms with E-state index in [0.29, 0.717) is 0 Å². The second-order valence-electron chi connectivity index (χ2n) is 5.52. The van der Waals surface area contributed by atoms with E-state index >= 15 is 0 Å². The number of hydrogen-bond donors (Lipinski definition) is 2. The number of allylic oxidation sites excluding steroid dienone is 1. The second-order valence-corrected chi connectivity index (χ2v) is 6.61. The Balaban J connectivity index is 1.60. The van der Waals surface area contributed by atoms with E-state index in [4.69, 9.17) is 5.73 Å². The molecule has 0 radical (unpaired) electrons. The van der Waals surface area contributed by atoms with E-state index < -0.39 is 0 Å². The number of carbonyl (C=O) groups excluding carboxylic acids is 1. The molecule has 2 aromatic rings. The number of carbonyl (C=O) groups is 1. The highest BCUT2D eigenvalue weighted by Crippen LogP contribution is 2.27. The van der Waals surface area contributed by atoms with Crippen LogP contribution in [-0.4, -0.2) is 12.5 Å². The molecule has 0 saturated carbocycles. The molecule has 0 aliphatic heterocycles. The molecule has 1 aromatic carbocycles. The molecule has 3 rings (SSSR count). The van der Waals surface area contributed by atoms with Crippen LogP contribution >= 0.6 is 11.3 Å². The molecule has 110 valence electrons. The van der Waals surface area contributed by atoms with Gasteiger partial charge in [0.1, 0.15) is 0 Å². The first-order valence-electron chi connectivity index (χ1n) is 7.47. The fourth-order valence-electron chi connectivity index (χ4n) is 2.73. The molecular formula is C17H20N2OS. The molecule has 1 aliphatic carbocycles. The van der Waals surface area contributed by atoms with Gasteiger partial charge in [-0.1, -0.05) is 11.6 Å². The summed E-state index contributed by atoms with van der Waals surface area (Å²) in [6.45, 7) is 0.723. The molecule has 4 heteroatoms. The Morgan fingerprint density at radius 3 is 3.00 bits per heavy atom. The van der Waals surface area contributed by atoms with Gasteiger partial charge in [0.25, 0.3) is 5.91 Å². The van der Waals surface area contributed by atoms with Gasteiger partial charge in [0.15, 0.2) is 0 Å². The van der Waals surface area contributed by atoms with Crippen molar-refractivity contribution in [2.24, 2.45) is 0 Å². The van der Waals surface area contributed by atoms with Gasteiger partial charge in [-0.15, -0.1) is 11.3 Å². The molecule has 1 aromatic heterocycles. The summed E-state index contributed by atoms with van der Waals surface area (Å²) in [5, 5.41) is 4.06.